The van der Waals surface area contributed by atoms with Gasteiger partial charge in [0.2, 0.25) is 5.43 Å². The summed E-state index contributed by atoms with van der Waals surface area (Å²) in [6.07, 6.45) is 8.25. The second-order valence-electron chi connectivity index (χ2n) is 9.20. The molecule has 2 aliphatic heterocycles. The first-order valence-corrected chi connectivity index (χ1v) is 13.1. The molecule has 35 heavy (non-hydrogen) atoms. The third kappa shape index (κ3) is 6.29. The molecule has 4 heterocycles. The number of halogens is 1. The lowest BCUT2D eigenvalue weighted by Gasteiger charge is -2.36. The zero-order valence-electron chi connectivity index (χ0n) is 20.3. The Bertz CT molecular complexity index is 1060. The third-order valence-corrected chi connectivity index (χ3v) is 6.76. The lowest BCUT2D eigenvalue weighted by molar-refractivity contribution is -0.201. The van der Waals surface area contributed by atoms with Crippen LogP contribution in [0, 0.1) is 0 Å². The van der Waals surface area contributed by atoms with Crippen molar-refractivity contribution in [1.82, 2.24) is 9.55 Å². The standard InChI is InChI=1S/C25H33BrN2O7/c1-3-31-24(30)19-14-28(23-18(22(19)29)12-17(26)13-27-23)25(2,15-34-20-8-4-6-10-32-20)16-35-21-9-5-7-11-33-21/h12-14,20-21H,3-11,15-16H2,1-2H3. The van der Waals surface area contributed by atoms with Crippen LogP contribution in [0.5, 0.6) is 0 Å². The first-order chi connectivity index (χ1) is 16.9. The van der Waals surface area contributed by atoms with E-state index in [1.54, 1.807) is 23.8 Å². The van der Waals surface area contributed by atoms with E-state index in [0.29, 0.717) is 28.7 Å². The minimum atomic E-state index is -0.824. The van der Waals surface area contributed by atoms with Crippen LogP contribution in [0.4, 0.5) is 0 Å². The summed E-state index contributed by atoms with van der Waals surface area (Å²) < 4.78 is 31.6. The fourth-order valence-corrected chi connectivity index (χ4v) is 4.69. The number of carbonyl (C=O) groups excluding carboxylic acids is 1. The Kier molecular flexibility index (Phi) is 8.93. The summed E-state index contributed by atoms with van der Waals surface area (Å²) in [4.78, 5) is 30.5. The summed E-state index contributed by atoms with van der Waals surface area (Å²) in [5.74, 6) is -0.677. The van der Waals surface area contributed by atoms with Gasteiger partial charge in [0.25, 0.3) is 0 Å². The molecule has 2 unspecified atom stereocenters. The van der Waals surface area contributed by atoms with Gasteiger partial charge >= 0.3 is 5.97 Å². The molecule has 0 spiro atoms. The van der Waals surface area contributed by atoms with E-state index in [-0.39, 0.29) is 38.0 Å². The van der Waals surface area contributed by atoms with Gasteiger partial charge in [0.05, 0.1) is 30.7 Å². The van der Waals surface area contributed by atoms with E-state index < -0.39 is 16.9 Å². The highest BCUT2D eigenvalue weighted by Gasteiger charge is 2.34. The summed E-state index contributed by atoms with van der Waals surface area (Å²) in [7, 11) is 0. The summed E-state index contributed by atoms with van der Waals surface area (Å²) in [6.45, 7) is 5.60. The molecule has 10 heteroatoms. The van der Waals surface area contributed by atoms with Crippen LogP contribution in [0.1, 0.15) is 62.7 Å². The highest BCUT2D eigenvalue weighted by atomic mass is 79.9. The Morgan fingerprint density at radius 1 is 1.14 bits per heavy atom. The van der Waals surface area contributed by atoms with Crippen LogP contribution in [-0.2, 0) is 29.2 Å². The number of esters is 1. The molecular formula is C25H33BrN2O7. The summed E-state index contributed by atoms with van der Waals surface area (Å²) in [5.41, 5.74) is -0.891. The highest BCUT2D eigenvalue weighted by molar-refractivity contribution is 9.10. The lowest BCUT2D eigenvalue weighted by Crippen LogP contribution is -2.44. The van der Waals surface area contributed by atoms with Gasteiger partial charge in [-0.2, -0.15) is 0 Å². The molecule has 9 nitrogen and oxygen atoms in total. The van der Waals surface area contributed by atoms with E-state index in [4.69, 9.17) is 23.7 Å². The van der Waals surface area contributed by atoms with Crippen molar-refractivity contribution in [2.75, 3.05) is 33.0 Å². The molecule has 0 aliphatic carbocycles. The van der Waals surface area contributed by atoms with Crippen molar-refractivity contribution in [3.05, 3.63) is 38.7 Å². The Hall–Kier alpha value is -1.85. The van der Waals surface area contributed by atoms with Crippen LogP contribution in [0.25, 0.3) is 11.0 Å². The molecule has 0 saturated carbocycles. The maximum absolute atomic E-state index is 13.2. The van der Waals surface area contributed by atoms with Crippen molar-refractivity contribution in [2.45, 2.75) is 70.5 Å². The Labute approximate surface area is 213 Å². The largest absolute Gasteiger partial charge is 0.462 e. The van der Waals surface area contributed by atoms with Crippen LogP contribution in [-0.4, -0.2) is 61.1 Å². The number of hydrogen-bond acceptors (Lipinski definition) is 8. The highest BCUT2D eigenvalue weighted by Crippen LogP contribution is 2.27. The Balaban J connectivity index is 1.75. The van der Waals surface area contributed by atoms with Crippen LogP contribution in [0.2, 0.25) is 0 Å². The minimum Gasteiger partial charge on any atom is -0.462 e. The molecule has 2 aromatic heterocycles. The van der Waals surface area contributed by atoms with E-state index >= 15 is 0 Å². The van der Waals surface area contributed by atoms with E-state index in [1.165, 1.54) is 6.20 Å². The number of nitrogens with zero attached hydrogens (tertiary/aromatic N) is 2. The summed E-state index contributed by atoms with van der Waals surface area (Å²) >= 11 is 3.39. The molecule has 2 fully saturated rings. The number of rotatable bonds is 9. The van der Waals surface area contributed by atoms with Gasteiger partial charge in [-0.05, 0) is 74.4 Å². The molecule has 192 valence electrons. The van der Waals surface area contributed by atoms with Crippen molar-refractivity contribution in [3.63, 3.8) is 0 Å². The molecular weight excluding hydrogens is 520 g/mol. The number of pyridine rings is 2. The molecule has 0 bridgehead atoms. The first kappa shape index (κ1) is 26.2. The number of carbonyl (C=O) groups is 1. The average molecular weight is 553 g/mol. The van der Waals surface area contributed by atoms with Gasteiger partial charge in [0, 0.05) is 30.1 Å². The predicted octanol–water partition coefficient (Wildman–Crippen LogP) is 4.14. The number of aromatic nitrogens is 2. The normalized spacial score (nSPS) is 22.6. The van der Waals surface area contributed by atoms with Crippen molar-refractivity contribution in [2.24, 2.45) is 0 Å². The molecule has 2 aromatic rings. The van der Waals surface area contributed by atoms with E-state index in [9.17, 15) is 9.59 Å². The van der Waals surface area contributed by atoms with Gasteiger partial charge in [-0.3, -0.25) is 4.79 Å². The number of ether oxygens (including phenoxy) is 5. The zero-order chi connectivity index (χ0) is 24.8. The Morgan fingerprint density at radius 3 is 2.31 bits per heavy atom. The van der Waals surface area contributed by atoms with Gasteiger partial charge < -0.3 is 28.3 Å². The van der Waals surface area contributed by atoms with Gasteiger partial charge in [0.15, 0.2) is 12.6 Å². The molecule has 0 amide bonds. The molecule has 2 saturated heterocycles. The number of fused-ring (bicyclic) bond motifs is 1. The van der Waals surface area contributed by atoms with Crippen molar-refractivity contribution in [3.8, 4) is 0 Å². The topological polar surface area (TPSA) is 98.1 Å². The van der Waals surface area contributed by atoms with Crippen molar-refractivity contribution < 1.29 is 28.5 Å². The molecule has 0 aromatic carbocycles. The van der Waals surface area contributed by atoms with Gasteiger partial charge in [-0.25, -0.2) is 9.78 Å². The number of hydrogen-bond donors (Lipinski definition) is 0. The zero-order valence-corrected chi connectivity index (χ0v) is 21.9. The molecule has 4 rings (SSSR count). The molecule has 0 radical (unpaired) electrons. The second kappa shape index (κ2) is 11.9. The SMILES string of the molecule is CCOC(=O)c1cn(C(C)(COC2CCCCO2)COC2CCCCO2)c2ncc(Br)cc2c1=O. The fourth-order valence-electron chi connectivity index (χ4n) is 4.36. The van der Waals surface area contributed by atoms with Crippen molar-refractivity contribution >= 4 is 32.9 Å². The van der Waals surface area contributed by atoms with E-state index in [1.807, 2.05) is 6.92 Å². The Morgan fingerprint density at radius 2 is 1.77 bits per heavy atom. The summed E-state index contributed by atoms with van der Waals surface area (Å²) in [5, 5.41) is 0.305. The van der Waals surface area contributed by atoms with Crippen molar-refractivity contribution in [1.29, 1.82) is 0 Å². The smallest absolute Gasteiger partial charge is 0.343 e. The maximum Gasteiger partial charge on any atom is 0.343 e. The monoisotopic (exact) mass is 552 g/mol. The van der Waals surface area contributed by atoms with Crippen LogP contribution < -0.4 is 5.43 Å². The third-order valence-electron chi connectivity index (χ3n) is 6.32. The molecule has 2 aliphatic rings. The minimum absolute atomic E-state index is 0.0618. The first-order valence-electron chi connectivity index (χ1n) is 12.3. The maximum atomic E-state index is 13.2. The lowest BCUT2D eigenvalue weighted by atomic mass is 10.0. The van der Waals surface area contributed by atoms with Gasteiger partial charge in [0.1, 0.15) is 11.2 Å². The fraction of sp³-hybridized carbons (Fsp3) is 0.640. The van der Waals surface area contributed by atoms with Crippen LogP contribution in [0.15, 0.2) is 27.7 Å². The van der Waals surface area contributed by atoms with Crippen LogP contribution >= 0.6 is 15.9 Å². The van der Waals surface area contributed by atoms with E-state index in [0.717, 1.165) is 38.5 Å². The molecule has 2 atom stereocenters. The van der Waals surface area contributed by atoms with Gasteiger partial charge in [-0.15, -0.1) is 0 Å². The second-order valence-corrected chi connectivity index (χ2v) is 10.1. The van der Waals surface area contributed by atoms with E-state index in [2.05, 4.69) is 20.9 Å². The van der Waals surface area contributed by atoms with Crippen LogP contribution in [0.3, 0.4) is 0 Å². The van der Waals surface area contributed by atoms with Gasteiger partial charge in [-0.1, -0.05) is 0 Å². The predicted molar refractivity (Wildman–Crippen MR) is 132 cm³/mol. The quantitative estimate of drug-likeness (QED) is 0.428. The molecule has 0 N–H and O–H groups in total. The summed E-state index contributed by atoms with van der Waals surface area (Å²) in [6, 6.07) is 1.67. The average Bonchev–Trinajstić information content (AvgIpc) is 2.88.